The van der Waals surface area contributed by atoms with Gasteiger partial charge in [-0.2, -0.15) is 0 Å². The minimum Gasteiger partial charge on any atom is -0.366 e. The molecule has 18 heavy (non-hydrogen) atoms. The summed E-state index contributed by atoms with van der Waals surface area (Å²) in [4.78, 5) is 11.5. The maximum absolute atomic E-state index is 11.5. The van der Waals surface area contributed by atoms with E-state index in [0.29, 0.717) is 5.56 Å². The lowest BCUT2D eigenvalue weighted by Gasteiger charge is -2.11. The Morgan fingerprint density at radius 1 is 1.00 bits per heavy atom. The summed E-state index contributed by atoms with van der Waals surface area (Å²) >= 11 is 0. The Morgan fingerprint density at radius 3 is 2.61 bits per heavy atom. The first-order valence-corrected chi connectivity index (χ1v) is 5.98. The number of hydrogen-bond donors (Lipinski definition) is 2. The van der Waals surface area contributed by atoms with Crippen molar-refractivity contribution in [3.8, 4) is 11.1 Å². The molecule has 1 heterocycles. The van der Waals surface area contributed by atoms with Crippen molar-refractivity contribution in [2.45, 2.75) is 13.1 Å². The second-order valence-corrected chi connectivity index (χ2v) is 4.46. The Hall–Kier alpha value is -2.13. The van der Waals surface area contributed by atoms with Gasteiger partial charge in [-0.3, -0.25) is 4.79 Å². The molecule has 1 aliphatic heterocycles. The van der Waals surface area contributed by atoms with Crippen molar-refractivity contribution in [1.82, 2.24) is 5.32 Å². The fourth-order valence-electron chi connectivity index (χ4n) is 2.52. The molecule has 3 heteroatoms. The number of carbonyl (C=O) groups excluding carboxylic acids is 1. The van der Waals surface area contributed by atoms with Crippen LogP contribution in [0.15, 0.2) is 42.5 Å². The van der Waals surface area contributed by atoms with Gasteiger partial charge in [0.15, 0.2) is 0 Å². The lowest BCUT2D eigenvalue weighted by molar-refractivity contribution is 0.100. The number of primary amides is 1. The van der Waals surface area contributed by atoms with Crippen molar-refractivity contribution in [3.63, 3.8) is 0 Å². The van der Waals surface area contributed by atoms with Gasteiger partial charge in [-0.15, -0.1) is 0 Å². The standard InChI is InChI=1S/C15H14N2O/c16-15(18)13-6-2-1-5-11(13)12-7-3-4-10-8-17-9-14(10)12/h1-7,17H,8-9H2,(H2,16,18). The van der Waals surface area contributed by atoms with Crippen molar-refractivity contribution in [1.29, 1.82) is 0 Å². The Labute approximate surface area is 106 Å². The maximum atomic E-state index is 11.5. The molecule has 0 saturated heterocycles. The largest absolute Gasteiger partial charge is 0.366 e. The first-order valence-electron chi connectivity index (χ1n) is 5.98. The van der Waals surface area contributed by atoms with Crippen molar-refractivity contribution < 1.29 is 4.79 Å². The molecule has 0 fully saturated rings. The van der Waals surface area contributed by atoms with Crippen LogP contribution in [0.3, 0.4) is 0 Å². The van der Waals surface area contributed by atoms with E-state index in [2.05, 4.69) is 11.4 Å². The number of nitrogens with one attached hydrogen (secondary N) is 1. The highest BCUT2D eigenvalue weighted by Crippen LogP contribution is 2.31. The maximum Gasteiger partial charge on any atom is 0.249 e. The summed E-state index contributed by atoms with van der Waals surface area (Å²) < 4.78 is 0. The smallest absolute Gasteiger partial charge is 0.249 e. The highest BCUT2D eigenvalue weighted by molar-refractivity contribution is 6.00. The molecule has 90 valence electrons. The van der Waals surface area contributed by atoms with E-state index in [4.69, 9.17) is 5.73 Å². The molecule has 3 nitrogen and oxygen atoms in total. The van der Waals surface area contributed by atoms with Crippen LogP contribution in [0.2, 0.25) is 0 Å². The summed E-state index contributed by atoms with van der Waals surface area (Å²) in [7, 11) is 0. The van der Waals surface area contributed by atoms with Crippen LogP contribution < -0.4 is 11.1 Å². The van der Waals surface area contributed by atoms with Crippen LogP contribution in [0, 0.1) is 0 Å². The van der Waals surface area contributed by atoms with Gasteiger partial charge in [-0.05, 0) is 28.3 Å². The summed E-state index contributed by atoms with van der Waals surface area (Å²) in [6.45, 7) is 1.74. The summed E-state index contributed by atoms with van der Waals surface area (Å²) in [5, 5.41) is 3.33. The molecule has 1 amide bonds. The van der Waals surface area contributed by atoms with Gasteiger partial charge in [0.1, 0.15) is 0 Å². The van der Waals surface area contributed by atoms with Gasteiger partial charge in [0.2, 0.25) is 5.91 Å². The van der Waals surface area contributed by atoms with Crippen molar-refractivity contribution in [2.75, 3.05) is 0 Å². The van der Waals surface area contributed by atoms with E-state index in [0.717, 1.165) is 24.2 Å². The average Bonchev–Trinajstić information content (AvgIpc) is 2.86. The van der Waals surface area contributed by atoms with E-state index < -0.39 is 0 Å². The molecule has 3 N–H and O–H groups in total. The number of hydrogen-bond acceptors (Lipinski definition) is 2. The topological polar surface area (TPSA) is 55.1 Å². The van der Waals surface area contributed by atoms with Crippen LogP contribution in [-0.2, 0) is 13.1 Å². The number of carbonyl (C=O) groups is 1. The van der Waals surface area contributed by atoms with E-state index in [1.54, 1.807) is 6.07 Å². The van der Waals surface area contributed by atoms with Crippen molar-refractivity contribution >= 4 is 5.91 Å². The molecule has 0 spiro atoms. The van der Waals surface area contributed by atoms with E-state index in [1.165, 1.54) is 11.1 Å². The highest BCUT2D eigenvalue weighted by atomic mass is 16.1. The third kappa shape index (κ3) is 1.69. The van der Waals surface area contributed by atoms with Gasteiger partial charge in [-0.25, -0.2) is 0 Å². The number of fused-ring (bicyclic) bond motifs is 1. The van der Waals surface area contributed by atoms with Crippen molar-refractivity contribution in [2.24, 2.45) is 5.73 Å². The van der Waals surface area contributed by atoms with Gasteiger partial charge in [-0.1, -0.05) is 36.4 Å². The summed E-state index contributed by atoms with van der Waals surface area (Å²) in [6, 6.07) is 13.7. The molecule has 0 radical (unpaired) electrons. The van der Waals surface area contributed by atoms with Gasteiger partial charge in [0.25, 0.3) is 0 Å². The third-order valence-electron chi connectivity index (χ3n) is 3.37. The zero-order valence-corrected chi connectivity index (χ0v) is 9.94. The first kappa shape index (κ1) is 11.0. The summed E-state index contributed by atoms with van der Waals surface area (Å²) in [6.07, 6.45) is 0. The number of amides is 1. The van der Waals surface area contributed by atoms with Crippen molar-refractivity contribution in [3.05, 3.63) is 59.2 Å². The Bertz CT molecular complexity index is 620. The predicted molar refractivity (Wildman–Crippen MR) is 70.9 cm³/mol. The first-order chi connectivity index (χ1) is 8.77. The fraction of sp³-hybridized carbons (Fsp3) is 0.133. The molecule has 2 aromatic carbocycles. The summed E-state index contributed by atoms with van der Waals surface area (Å²) in [5.41, 5.74) is 10.6. The van der Waals surface area contributed by atoms with Crippen LogP contribution in [0.5, 0.6) is 0 Å². The van der Waals surface area contributed by atoms with Gasteiger partial charge in [0, 0.05) is 18.7 Å². The molecule has 3 rings (SSSR count). The zero-order chi connectivity index (χ0) is 12.5. The normalized spacial score (nSPS) is 13.3. The molecule has 0 saturated carbocycles. The number of rotatable bonds is 2. The predicted octanol–water partition coefficient (Wildman–Crippen LogP) is 2.06. The minimum absolute atomic E-state index is 0.380. The molecular formula is C15H14N2O. The molecule has 0 aliphatic carbocycles. The van der Waals surface area contributed by atoms with Crippen LogP contribution in [-0.4, -0.2) is 5.91 Å². The number of benzene rings is 2. The Kier molecular flexibility index (Phi) is 2.61. The quantitative estimate of drug-likeness (QED) is 0.841. The van der Waals surface area contributed by atoms with Gasteiger partial charge in [0.05, 0.1) is 0 Å². The lowest BCUT2D eigenvalue weighted by Crippen LogP contribution is -2.12. The molecule has 0 atom stereocenters. The zero-order valence-electron chi connectivity index (χ0n) is 9.94. The van der Waals surface area contributed by atoms with E-state index >= 15 is 0 Å². The molecule has 0 aromatic heterocycles. The van der Waals surface area contributed by atoms with E-state index in [1.807, 2.05) is 30.3 Å². The summed E-state index contributed by atoms with van der Waals surface area (Å²) in [5.74, 6) is -0.380. The molecule has 2 aromatic rings. The third-order valence-corrected chi connectivity index (χ3v) is 3.37. The minimum atomic E-state index is -0.380. The molecule has 0 bridgehead atoms. The number of nitrogens with two attached hydrogens (primary N) is 1. The SMILES string of the molecule is NC(=O)c1ccccc1-c1cccc2c1CNC2. The lowest BCUT2D eigenvalue weighted by atomic mass is 9.93. The molecular weight excluding hydrogens is 224 g/mol. The monoisotopic (exact) mass is 238 g/mol. The van der Waals surface area contributed by atoms with Crippen LogP contribution in [0.1, 0.15) is 21.5 Å². The van der Waals surface area contributed by atoms with E-state index in [9.17, 15) is 4.79 Å². The second kappa shape index (κ2) is 4.27. The Morgan fingerprint density at radius 2 is 1.78 bits per heavy atom. The highest BCUT2D eigenvalue weighted by Gasteiger charge is 2.17. The van der Waals surface area contributed by atoms with Crippen LogP contribution >= 0.6 is 0 Å². The van der Waals surface area contributed by atoms with E-state index in [-0.39, 0.29) is 5.91 Å². The van der Waals surface area contributed by atoms with Crippen LogP contribution in [0.4, 0.5) is 0 Å². The average molecular weight is 238 g/mol. The fourth-order valence-corrected chi connectivity index (χ4v) is 2.52. The van der Waals surface area contributed by atoms with Crippen LogP contribution in [0.25, 0.3) is 11.1 Å². The Balaban J connectivity index is 2.22. The molecule has 1 aliphatic rings. The second-order valence-electron chi connectivity index (χ2n) is 4.46. The van der Waals surface area contributed by atoms with Gasteiger partial charge >= 0.3 is 0 Å². The van der Waals surface area contributed by atoms with Gasteiger partial charge < -0.3 is 11.1 Å². The molecule has 0 unspecified atom stereocenters.